The number of hydrogen-bond donors (Lipinski definition) is 1. The molecule has 0 aromatic carbocycles. The Hall–Kier alpha value is -2.15. The zero-order chi connectivity index (χ0) is 15.5. The zero-order valence-electron chi connectivity index (χ0n) is 12.9. The fourth-order valence-corrected chi connectivity index (χ4v) is 2.88. The number of carbonyl (C=O) groups excluding carboxylic acids is 1. The molecule has 7 heteroatoms. The van der Waals surface area contributed by atoms with Gasteiger partial charge in [0.05, 0.1) is 24.4 Å². The van der Waals surface area contributed by atoms with Gasteiger partial charge in [-0.2, -0.15) is 10.2 Å². The summed E-state index contributed by atoms with van der Waals surface area (Å²) in [5, 5.41) is 11.3. The number of nitrogens with zero attached hydrogens (tertiary/aromatic N) is 4. The number of rotatable bonds is 4. The Bertz CT molecular complexity index is 648. The van der Waals surface area contributed by atoms with Crippen LogP contribution >= 0.6 is 0 Å². The number of aryl methyl sites for hydroxylation is 2. The summed E-state index contributed by atoms with van der Waals surface area (Å²) in [4.78, 5) is 12.7. The number of anilines is 1. The van der Waals surface area contributed by atoms with Crippen LogP contribution in [0, 0.1) is 5.92 Å². The molecule has 1 saturated heterocycles. The molecular formula is C15H21N5O2. The average Bonchev–Trinajstić information content (AvgIpc) is 3.16. The van der Waals surface area contributed by atoms with E-state index in [2.05, 4.69) is 15.5 Å². The Morgan fingerprint density at radius 3 is 3.09 bits per heavy atom. The predicted octanol–water partition coefficient (Wildman–Crippen LogP) is 1.74. The molecule has 0 radical (unpaired) electrons. The van der Waals surface area contributed by atoms with Gasteiger partial charge in [0, 0.05) is 38.0 Å². The Morgan fingerprint density at radius 2 is 2.36 bits per heavy atom. The quantitative estimate of drug-likeness (QED) is 0.933. The Morgan fingerprint density at radius 1 is 1.50 bits per heavy atom. The highest BCUT2D eigenvalue weighted by atomic mass is 16.5. The van der Waals surface area contributed by atoms with Gasteiger partial charge in [-0.05, 0) is 19.8 Å². The molecule has 2 atom stereocenters. The average molecular weight is 303 g/mol. The summed E-state index contributed by atoms with van der Waals surface area (Å²) in [7, 11) is 1.86. The fourth-order valence-electron chi connectivity index (χ4n) is 2.88. The molecule has 1 aliphatic heterocycles. The molecule has 0 saturated carbocycles. The van der Waals surface area contributed by atoms with Crippen molar-refractivity contribution in [2.45, 2.75) is 32.4 Å². The molecule has 22 heavy (non-hydrogen) atoms. The molecule has 1 amide bonds. The molecule has 1 N–H and O–H groups in total. The minimum Gasteiger partial charge on any atom is -0.373 e. The smallest absolute Gasteiger partial charge is 0.231 e. The third kappa shape index (κ3) is 2.89. The van der Waals surface area contributed by atoms with Crippen molar-refractivity contribution in [3.05, 3.63) is 30.2 Å². The molecular weight excluding hydrogens is 282 g/mol. The van der Waals surface area contributed by atoms with E-state index in [4.69, 9.17) is 4.74 Å². The number of carbonyl (C=O) groups is 1. The molecule has 0 aliphatic carbocycles. The lowest BCUT2D eigenvalue weighted by Gasteiger charge is -2.30. The molecule has 0 unspecified atom stereocenters. The normalized spacial score (nSPS) is 21.7. The molecule has 2 aromatic heterocycles. The van der Waals surface area contributed by atoms with Crippen molar-refractivity contribution in [3.63, 3.8) is 0 Å². The van der Waals surface area contributed by atoms with Crippen LogP contribution in [0.3, 0.4) is 0 Å². The van der Waals surface area contributed by atoms with Crippen LogP contribution in [0.25, 0.3) is 0 Å². The van der Waals surface area contributed by atoms with Crippen molar-refractivity contribution in [1.82, 2.24) is 19.6 Å². The molecule has 1 fully saturated rings. The Kier molecular flexibility index (Phi) is 4.24. The Labute approximate surface area is 129 Å². The van der Waals surface area contributed by atoms with Crippen LogP contribution in [0.1, 0.15) is 31.4 Å². The van der Waals surface area contributed by atoms with Crippen molar-refractivity contribution in [1.29, 1.82) is 0 Å². The van der Waals surface area contributed by atoms with Crippen molar-refractivity contribution < 1.29 is 9.53 Å². The number of aromatic nitrogens is 4. The standard InChI is InChI=1S/C15H21N5O2/c1-3-20-13(6-7-16-20)18-15(21)12-5-4-8-22-14(12)11-9-17-19(2)10-11/h6-7,9-10,12,14H,3-5,8H2,1-2H3,(H,18,21)/t12-,14+/m1/s1. The van der Waals surface area contributed by atoms with E-state index in [-0.39, 0.29) is 17.9 Å². The number of nitrogens with one attached hydrogen (secondary N) is 1. The van der Waals surface area contributed by atoms with Crippen LogP contribution in [0.4, 0.5) is 5.82 Å². The second-order valence-electron chi connectivity index (χ2n) is 5.51. The van der Waals surface area contributed by atoms with Crippen LogP contribution in [0.5, 0.6) is 0 Å². The topological polar surface area (TPSA) is 74.0 Å². The van der Waals surface area contributed by atoms with E-state index >= 15 is 0 Å². The van der Waals surface area contributed by atoms with E-state index < -0.39 is 0 Å². The van der Waals surface area contributed by atoms with Gasteiger partial charge < -0.3 is 10.1 Å². The van der Waals surface area contributed by atoms with Gasteiger partial charge in [-0.3, -0.25) is 9.48 Å². The molecule has 1 aliphatic rings. The second kappa shape index (κ2) is 6.31. The molecule has 118 valence electrons. The summed E-state index contributed by atoms with van der Waals surface area (Å²) in [6, 6.07) is 1.81. The molecule has 0 bridgehead atoms. The molecule has 3 heterocycles. The lowest BCUT2D eigenvalue weighted by molar-refractivity contribution is -0.129. The first-order valence-corrected chi connectivity index (χ1v) is 7.62. The lowest BCUT2D eigenvalue weighted by Crippen LogP contribution is -2.33. The summed E-state index contributed by atoms with van der Waals surface area (Å²) in [6.07, 6.45) is 6.84. The largest absolute Gasteiger partial charge is 0.373 e. The van der Waals surface area contributed by atoms with Crippen LogP contribution < -0.4 is 5.32 Å². The molecule has 0 spiro atoms. The number of hydrogen-bond acceptors (Lipinski definition) is 4. The van der Waals surface area contributed by atoms with E-state index in [1.54, 1.807) is 21.8 Å². The SMILES string of the molecule is CCn1nccc1NC(=O)[C@@H]1CCCO[C@H]1c1cnn(C)c1. The van der Waals surface area contributed by atoms with E-state index in [9.17, 15) is 4.79 Å². The van der Waals surface area contributed by atoms with Gasteiger partial charge in [0.15, 0.2) is 0 Å². The summed E-state index contributed by atoms with van der Waals surface area (Å²) < 4.78 is 9.35. The summed E-state index contributed by atoms with van der Waals surface area (Å²) in [5.74, 6) is 0.491. The third-order valence-electron chi connectivity index (χ3n) is 3.98. The van der Waals surface area contributed by atoms with Crippen molar-refractivity contribution >= 4 is 11.7 Å². The molecule has 2 aromatic rings. The minimum atomic E-state index is -0.236. The summed E-state index contributed by atoms with van der Waals surface area (Å²) in [6.45, 7) is 3.39. The second-order valence-corrected chi connectivity index (χ2v) is 5.51. The van der Waals surface area contributed by atoms with Gasteiger partial charge >= 0.3 is 0 Å². The highest BCUT2D eigenvalue weighted by Crippen LogP contribution is 2.34. The summed E-state index contributed by atoms with van der Waals surface area (Å²) in [5.41, 5.74) is 0.950. The minimum absolute atomic E-state index is 0.0243. The van der Waals surface area contributed by atoms with Crippen LogP contribution in [-0.4, -0.2) is 32.1 Å². The first-order chi connectivity index (χ1) is 10.7. The zero-order valence-corrected chi connectivity index (χ0v) is 12.9. The van der Waals surface area contributed by atoms with E-state index in [0.717, 1.165) is 30.8 Å². The molecule has 3 rings (SSSR count). The highest BCUT2D eigenvalue weighted by molar-refractivity contribution is 5.92. The fraction of sp³-hybridized carbons (Fsp3) is 0.533. The highest BCUT2D eigenvalue weighted by Gasteiger charge is 2.34. The van der Waals surface area contributed by atoms with E-state index in [1.807, 2.05) is 26.2 Å². The number of ether oxygens (including phenoxy) is 1. The third-order valence-corrected chi connectivity index (χ3v) is 3.98. The van der Waals surface area contributed by atoms with Crippen molar-refractivity contribution in [2.75, 3.05) is 11.9 Å². The maximum atomic E-state index is 12.7. The summed E-state index contributed by atoms with van der Waals surface area (Å²) >= 11 is 0. The maximum absolute atomic E-state index is 12.7. The van der Waals surface area contributed by atoms with E-state index in [1.165, 1.54) is 0 Å². The van der Waals surface area contributed by atoms with Crippen LogP contribution in [-0.2, 0) is 23.1 Å². The molecule has 7 nitrogen and oxygen atoms in total. The lowest BCUT2D eigenvalue weighted by atomic mass is 9.90. The van der Waals surface area contributed by atoms with Gasteiger partial charge in [0.1, 0.15) is 5.82 Å². The monoisotopic (exact) mass is 303 g/mol. The first kappa shape index (κ1) is 14.8. The van der Waals surface area contributed by atoms with Gasteiger partial charge in [-0.1, -0.05) is 0 Å². The van der Waals surface area contributed by atoms with Gasteiger partial charge in [-0.25, -0.2) is 4.68 Å². The maximum Gasteiger partial charge on any atom is 0.231 e. The van der Waals surface area contributed by atoms with Gasteiger partial charge in [0.2, 0.25) is 5.91 Å². The predicted molar refractivity (Wildman–Crippen MR) is 81.2 cm³/mol. The van der Waals surface area contributed by atoms with Gasteiger partial charge in [-0.15, -0.1) is 0 Å². The number of amides is 1. The Balaban J connectivity index is 1.77. The van der Waals surface area contributed by atoms with E-state index in [0.29, 0.717) is 6.61 Å². The van der Waals surface area contributed by atoms with Gasteiger partial charge in [0.25, 0.3) is 0 Å². The van der Waals surface area contributed by atoms with Crippen LogP contribution in [0.15, 0.2) is 24.7 Å². The first-order valence-electron chi connectivity index (χ1n) is 7.62. The van der Waals surface area contributed by atoms with Crippen LogP contribution in [0.2, 0.25) is 0 Å². The van der Waals surface area contributed by atoms with Crippen molar-refractivity contribution in [2.24, 2.45) is 13.0 Å². The van der Waals surface area contributed by atoms with Crippen molar-refractivity contribution in [3.8, 4) is 0 Å².